The first-order valence-corrected chi connectivity index (χ1v) is 13.3. The SMILES string of the molecule is COc1ccc(-c2cc(NCCCN(C)CCCN)cc(-c3ccc(CN4CCCC4)cc3)n2)cc1. The normalized spacial score (nSPS) is 13.9. The molecule has 0 aliphatic carbocycles. The van der Waals surface area contributed by atoms with Crippen molar-refractivity contribution in [3.63, 3.8) is 0 Å². The Balaban J connectivity index is 1.50. The van der Waals surface area contributed by atoms with E-state index in [1.54, 1.807) is 7.11 Å². The van der Waals surface area contributed by atoms with Crippen LogP contribution in [0.5, 0.6) is 5.75 Å². The Morgan fingerprint density at radius 3 is 2.14 bits per heavy atom. The molecular weight excluding hydrogens is 446 g/mol. The summed E-state index contributed by atoms with van der Waals surface area (Å²) in [6, 6.07) is 21.3. The van der Waals surface area contributed by atoms with E-state index in [0.717, 1.165) is 79.5 Å². The van der Waals surface area contributed by atoms with Crippen LogP contribution in [0, 0.1) is 0 Å². The highest BCUT2D eigenvalue weighted by atomic mass is 16.5. The van der Waals surface area contributed by atoms with Crippen molar-refractivity contribution in [3.05, 3.63) is 66.2 Å². The van der Waals surface area contributed by atoms with Crippen LogP contribution in [0.2, 0.25) is 0 Å². The largest absolute Gasteiger partial charge is 0.497 e. The van der Waals surface area contributed by atoms with Gasteiger partial charge in [0, 0.05) is 29.9 Å². The molecule has 3 aromatic rings. The van der Waals surface area contributed by atoms with Crippen LogP contribution in [0.25, 0.3) is 22.5 Å². The first-order valence-electron chi connectivity index (χ1n) is 13.3. The molecule has 1 fully saturated rings. The summed E-state index contributed by atoms with van der Waals surface area (Å²) in [6.07, 6.45) is 4.75. The lowest BCUT2D eigenvalue weighted by Crippen LogP contribution is -2.24. The molecule has 6 nitrogen and oxygen atoms in total. The molecule has 0 spiro atoms. The van der Waals surface area contributed by atoms with E-state index in [-0.39, 0.29) is 0 Å². The summed E-state index contributed by atoms with van der Waals surface area (Å²) in [4.78, 5) is 9.92. The van der Waals surface area contributed by atoms with E-state index in [2.05, 4.69) is 70.7 Å². The smallest absolute Gasteiger partial charge is 0.118 e. The van der Waals surface area contributed by atoms with Crippen molar-refractivity contribution in [1.82, 2.24) is 14.8 Å². The summed E-state index contributed by atoms with van der Waals surface area (Å²) in [5.74, 6) is 0.848. The molecule has 0 unspecified atom stereocenters. The maximum atomic E-state index is 5.64. The number of nitrogens with zero attached hydrogens (tertiary/aromatic N) is 3. The predicted octanol–water partition coefficient (Wildman–Crippen LogP) is 5.10. The lowest BCUT2D eigenvalue weighted by atomic mass is 10.1. The molecule has 1 aliphatic rings. The minimum Gasteiger partial charge on any atom is -0.497 e. The Bertz CT molecular complexity index is 1060. The third kappa shape index (κ3) is 7.53. The molecule has 192 valence electrons. The van der Waals surface area contributed by atoms with E-state index in [0.29, 0.717) is 0 Å². The van der Waals surface area contributed by atoms with Crippen LogP contribution in [0.3, 0.4) is 0 Å². The van der Waals surface area contributed by atoms with Gasteiger partial charge in [-0.25, -0.2) is 4.98 Å². The minimum absolute atomic E-state index is 0.746. The highest BCUT2D eigenvalue weighted by Crippen LogP contribution is 2.29. The van der Waals surface area contributed by atoms with Crippen LogP contribution in [0.15, 0.2) is 60.7 Å². The molecule has 1 aliphatic heterocycles. The van der Waals surface area contributed by atoms with E-state index in [4.69, 9.17) is 15.5 Å². The monoisotopic (exact) mass is 487 g/mol. The van der Waals surface area contributed by atoms with Gasteiger partial charge in [0.25, 0.3) is 0 Å². The quantitative estimate of drug-likeness (QED) is 0.327. The van der Waals surface area contributed by atoms with Crippen molar-refractivity contribution in [2.75, 3.05) is 58.7 Å². The van der Waals surface area contributed by atoms with Gasteiger partial charge in [-0.15, -0.1) is 0 Å². The molecule has 3 N–H and O–H groups in total. The number of aromatic nitrogens is 1. The highest BCUT2D eigenvalue weighted by Gasteiger charge is 2.12. The Labute approximate surface area is 216 Å². The zero-order chi connectivity index (χ0) is 25.2. The fraction of sp³-hybridized carbons (Fsp3) is 0.433. The zero-order valence-electron chi connectivity index (χ0n) is 21.9. The number of likely N-dealkylation sites (tertiary alicyclic amines) is 1. The van der Waals surface area contributed by atoms with Gasteiger partial charge >= 0.3 is 0 Å². The molecular formula is C30H41N5O. The van der Waals surface area contributed by atoms with Gasteiger partial charge in [-0.1, -0.05) is 24.3 Å². The number of nitrogens with one attached hydrogen (secondary N) is 1. The van der Waals surface area contributed by atoms with Gasteiger partial charge in [0.05, 0.1) is 18.5 Å². The summed E-state index contributed by atoms with van der Waals surface area (Å²) in [5, 5.41) is 3.64. The number of ether oxygens (including phenoxy) is 1. The maximum Gasteiger partial charge on any atom is 0.118 e. The van der Waals surface area contributed by atoms with Gasteiger partial charge in [0.15, 0.2) is 0 Å². The maximum absolute atomic E-state index is 5.64. The van der Waals surface area contributed by atoms with E-state index in [9.17, 15) is 0 Å². The van der Waals surface area contributed by atoms with E-state index < -0.39 is 0 Å². The van der Waals surface area contributed by atoms with Crippen molar-refractivity contribution in [1.29, 1.82) is 0 Å². The van der Waals surface area contributed by atoms with Gasteiger partial charge < -0.3 is 20.7 Å². The molecule has 2 heterocycles. The van der Waals surface area contributed by atoms with Gasteiger partial charge in [-0.3, -0.25) is 4.90 Å². The van der Waals surface area contributed by atoms with Gasteiger partial charge in [0.1, 0.15) is 5.75 Å². The van der Waals surface area contributed by atoms with Crippen molar-refractivity contribution < 1.29 is 4.74 Å². The van der Waals surface area contributed by atoms with E-state index in [1.165, 1.54) is 31.5 Å². The molecule has 2 aromatic carbocycles. The second-order valence-corrected chi connectivity index (χ2v) is 9.76. The fourth-order valence-electron chi connectivity index (χ4n) is 4.72. The number of anilines is 1. The number of methoxy groups -OCH3 is 1. The molecule has 4 rings (SSSR count). The van der Waals surface area contributed by atoms with Crippen molar-refractivity contribution in [2.45, 2.75) is 32.2 Å². The number of hydrogen-bond donors (Lipinski definition) is 2. The summed E-state index contributed by atoms with van der Waals surface area (Å²) in [7, 11) is 3.85. The van der Waals surface area contributed by atoms with Crippen LogP contribution in [0.1, 0.15) is 31.2 Å². The second kappa shape index (κ2) is 13.4. The average molecular weight is 488 g/mol. The number of benzene rings is 2. The highest BCUT2D eigenvalue weighted by molar-refractivity contribution is 5.72. The Morgan fingerprint density at radius 2 is 1.53 bits per heavy atom. The standard InChI is InChI=1S/C30H41N5O/c1-34(17-5-15-31)18-6-16-32-27-21-29(33-30(22-27)26-11-13-28(36-2)14-12-26)25-9-7-24(8-10-25)23-35-19-3-4-20-35/h7-14,21-22H,3-6,15-20,23,31H2,1-2H3,(H,32,33). The third-order valence-electron chi connectivity index (χ3n) is 6.86. The van der Waals surface area contributed by atoms with E-state index in [1.807, 2.05) is 12.1 Å². The Kier molecular flexibility index (Phi) is 9.73. The Hall–Kier alpha value is -2.93. The van der Waals surface area contributed by atoms with Crippen LogP contribution in [-0.2, 0) is 6.54 Å². The van der Waals surface area contributed by atoms with Crippen LogP contribution >= 0.6 is 0 Å². The van der Waals surface area contributed by atoms with Crippen LogP contribution < -0.4 is 15.8 Å². The Morgan fingerprint density at radius 1 is 0.917 bits per heavy atom. The minimum atomic E-state index is 0.746. The molecule has 1 aromatic heterocycles. The average Bonchev–Trinajstić information content (AvgIpc) is 3.43. The molecule has 1 saturated heterocycles. The zero-order valence-corrected chi connectivity index (χ0v) is 21.9. The van der Waals surface area contributed by atoms with Crippen molar-refractivity contribution >= 4 is 5.69 Å². The van der Waals surface area contributed by atoms with Crippen LogP contribution in [-0.4, -0.2) is 68.2 Å². The van der Waals surface area contributed by atoms with Crippen molar-refractivity contribution in [3.8, 4) is 28.3 Å². The number of rotatable bonds is 13. The van der Waals surface area contributed by atoms with E-state index >= 15 is 0 Å². The number of hydrogen-bond acceptors (Lipinski definition) is 6. The first kappa shape index (κ1) is 26.1. The van der Waals surface area contributed by atoms with Gasteiger partial charge in [-0.05, 0) is 107 Å². The lowest BCUT2D eigenvalue weighted by Gasteiger charge is -2.17. The molecule has 0 bridgehead atoms. The first-order chi connectivity index (χ1) is 17.6. The topological polar surface area (TPSA) is 66.7 Å². The third-order valence-corrected chi connectivity index (χ3v) is 6.86. The van der Waals surface area contributed by atoms with Crippen LogP contribution in [0.4, 0.5) is 5.69 Å². The molecule has 0 radical (unpaired) electrons. The number of nitrogens with two attached hydrogens (primary N) is 1. The molecule has 0 amide bonds. The lowest BCUT2D eigenvalue weighted by molar-refractivity contribution is 0.330. The van der Waals surface area contributed by atoms with Crippen molar-refractivity contribution in [2.24, 2.45) is 5.73 Å². The fourth-order valence-corrected chi connectivity index (χ4v) is 4.72. The molecule has 36 heavy (non-hydrogen) atoms. The summed E-state index contributed by atoms with van der Waals surface area (Å²) in [6.45, 7) is 7.21. The number of pyridine rings is 1. The molecule has 0 atom stereocenters. The predicted molar refractivity (Wildman–Crippen MR) is 150 cm³/mol. The second-order valence-electron chi connectivity index (χ2n) is 9.76. The van der Waals surface area contributed by atoms with Gasteiger partial charge in [-0.2, -0.15) is 0 Å². The van der Waals surface area contributed by atoms with Gasteiger partial charge in [0.2, 0.25) is 0 Å². The summed E-state index contributed by atoms with van der Waals surface area (Å²) in [5.41, 5.74) is 12.3. The molecule has 6 heteroatoms. The summed E-state index contributed by atoms with van der Waals surface area (Å²) >= 11 is 0. The molecule has 0 saturated carbocycles. The summed E-state index contributed by atoms with van der Waals surface area (Å²) < 4.78 is 5.34.